The average Bonchev–Trinajstić information content (AvgIpc) is 2.65. The number of nitrogens with zero attached hydrogens (tertiary/aromatic N) is 2. The molecule has 0 spiro atoms. The molecule has 0 bridgehead atoms. The lowest BCUT2D eigenvalue weighted by molar-refractivity contribution is -0.120. The summed E-state index contributed by atoms with van der Waals surface area (Å²) in [7, 11) is 0. The van der Waals surface area contributed by atoms with Crippen LogP contribution in [0.2, 0.25) is 0 Å². The summed E-state index contributed by atoms with van der Waals surface area (Å²) in [4.78, 5) is 31.4. The van der Waals surface area contributed by atoms with E-state index < -0.39 is 5.91 Å². The largest absolute Gasteiger partial charge is 0.484 e. The monoisotopic (exact) mass is 348 g/mol. The fourth-order valence-electron chi connectivity index (χ4n) is 2.19. The van der Waals surface area contributed by atoms with Gasteiger partial charge in [-0.05, 0) is 42.5 Å². The van der Waals surface area contributed by atoms with E-state index in [0.29, 0.717) is 17.1 Å². The van der Waals surface area contributed by atoms with Crippen molar-refractivity contribution >= 4 is 34.6 Å². The standard InChI is InChI=1S/C19H16N4O3/c20-18(24)12-26-15-8-5-13(6-9-15)23-19(25)10-7-14-11-21-16-3-1-2-4-17(16)22-14/h1-11H,12H2,(H2,20,24)(H,23,25)/b10-7+. The van der Waals surface area contributed by atoms with Crippen LogP contribution < -0.4 is 15.8 Å². The van der Waals surface area contributed by atoms with E-state index in [9.17, 15) is 9.59 Å². The predicted octanol–water partition coefficient (Wildman–Crippen LogP) is 2.15. The third-order valence-electron chi connectivity index (χ3n) is 3.38. The summed E-state index contributed by atoms with van der Waals surface area (Å²) in [6.07, 6.45) is 4.59. The van der Waals surface area contributed by atoms with Crippen molar-refractivity contribution < 1.29 is 14.3 Å². The normalized spacial score (nSPS) is 10.8. The van der Waals surface area contributed by atoms with E-state index in [1.165, 1.54) is 6.08 Å². The molecule has 2 aromatic carbocycles. The van der Waals surface area contributed by atoms with E-state index in [0.717, 1.165) is 11.0 Å². The van der Waals surface area contributed by atoms with Crippen molar-refractivity contribution in [2.45, 2.75) is 0 Å². The van der Waals surface area contributed by atoms with Crippen molar-refractivity contribution in [3.8, 4) is 5.75 Å². The molecule has 7 heteroatoms. The summed E-state index contributed by atoms with van der Waals surface area (Å²) < 4.78 is 5.15. The van der Waals surface area contributed by atoms with Crippen LogP contribution in [-0.4, -0.2) is 28.4 Å². The number of nitrogens with two attached hydrogens (primary N) is 1. The highest BCUT2D eigenvalue weighted by Crippen LogP contribution is 2.16. The van der Waals surface area contributed by atoms with Gasteiger partial charge in [0.2, 0.25) is 5.91 Å². The van der Waals surface area contributed by atoms with E-state index in [1.54, 1.807) is 36.5 Å². The molecule has 0 aliphatic carbocycles. The Labute approximate surface area is 149 Å². The molecule has 3 rings (SSSR count). The van der Waals surface area contributed by atoms with Crippen LogP contribution in [0.5, 0.6) is 5.75 Å². The maximum atomic E-state index is 12.0. The number of nitrogens with one attached hydrogen (secondary N) is 1. The Morgan fingerprint density at radius 3 is 2.54 bits per heavy atom. The molecule has 0 fully saturated rings. The van der Waals surface area contributed by atoms with Gasteiger partial charge in [-0.1, -0.05) is 12.1 Å². The number of hydrogen-bond donors (Lipinski definition) is 2. The first kappa shape index (κ1) is 17.1. The second kappa shape index (κ2) is 7.89. The zero-order valence-electron chi connectivity index (χ0n) is 13.8. The lowest BCUT2D eigenvalue weighted by atomic mass is 10.3. The van der Waals surface area contributed by atoms with Crippen molar-refractivity contribution in [1.29, 1.82) is 0 Å². The Bertz CT molecular complexity index is 968. The molecule has 0 saturated carbocycles. The molecule has 2 amide bonds. The molecular formula is C19H16N4O3. The molecule has 1 aromatic heterocycles. The van der Waals surface area contributed by atoms with Gasteiger partial charge in [-0.25, -0.2) is 4.98 Å². The zero-order valence-corrected chi connectivity index (χ0v) is 13.8. The van der Waals surface area contributed by atoms with Crippen molar-refractivity contribution in [1.82, 2.24) is 9.97 Å². The van der Waals surface area contributed by atoms with Gasteiger partial charge in [-0.2, -0.15) is 0 Å². The second-order valence-corrected chi connectivity index (χ2v) is 5.39. The summed E-state index contributed by atoms with van der Waals surface area (Å²) in [5, 5.41) is 2.72. The van der Waals surface area contributed by atoms with E-state index in [2.05, 4.69) is 15.3 Å². The summed E-state index contributed by atoms with van der Waals surface area (Å²) in [6, 6.07) is 14.1. The van der Waals surface area contributed by atoms with Gasteiger partial charge in [-0.15, -0.1) is 0 Å². The third-order valence-corrected chi connectivity index (χ3v) is 3.38. The number of amides is 2. The van der Waals surface area contributed by atoms with Gasteiger partial charge < -0.3 is 15.8 Å². The number of rotatable bonds is 6. The molecule has 0 aliphatic heterocycles. The molecule has 130 valence electrons. The average molecular weight is 348 g/mol. The Kier molecular flexibility index (Phi) is 5.19. The number of ether oxygens (including phenoxy) is 1. The Balaban J connectivity index is 1.60. The van der Waals surface area contributed by atoms with Gasteiger partial charge in [0.25, 0.3) is 5.91 Å². The quantitative estimate of drug-likeness (QED) is 0.664. The molecule has 3 N–H and O–H groups in total. The molecule has 0 unspecified atom stereocenters. The number of fused-ring (bicyclic) bond motifs is 1. The Morgan fingerprint density at radius 1 is 1.08 bits per heavy atom. The van der Waals surface area contributed by atoms with Crippen LogP contribution in [0.3, 0.4) is 0 Å². The van der Waals surface area contributed by atoms with Gasteiger partial charge in [0.15, 0.2) is 6.61 Å². The molecule has 26 heavy (non-hydrogen) atoms. The van der Waals surface area contributed by atoms with Gasteiger partial charge >= 0.3 is 0 Å². The molecule has 7 nitrogen and oxygen atoms in total. The van der Waals surface area contributed by atoms with Crippen LogP contribution in [-0.2, 0) is 9.59 Å². The molecular weight excluding hydrogens is 332 g/mol. The number of carbonyl (C=O) groups excluding carboxylic acids is 2. The zero-order chi connectivity index (χ0) is 18.4. The Hall–Kier alpha value is -3.74. The lowest BCUT2D eigenvalue weighted by Gasteiger charge is -2.05. The number of carbonyl (C=O) groups is 2. The molecule has 0 atom stereocenters. The van der Waals surface area contributed by atoms with Crippen LogP contribution in [0.1, 0.15) is 5.69 Å². The summed E-state index contributed by atoms with van der Waals surface area (Å²) in [5.41, 5.74) is 7.76. The van der Waals surface area contributed by atoms with E-state index in [1.807, 2.05) is 24.3 Å². The first-order valence-corrected chi connectivity index (χ1v) is 7.82. The molecule has 1 heterocycles. The maximum absolute atomic E-state index is 12.0. The number of anilines is 1. The van der Waals surface area contributed by atoms with Crippen molar-refractivity contribution in [3.63, 3.8) is 0 Å². The number of primary amides is 1. The minimum Gasteiger partial charge on any atom is -0.484 e. The summed E-state index contributed by atoms with van der Waals surface area (Å²) in [6.45, 7) is -0.193. The summed E-state index contributed by atoms with van der Waals surface area (Å²) >= 11 is 0. The fourth-order valence-corrected chi connectivity index (χ4v) is 2.19. The first-order chi connectivity index (χ1) is 12.6. The van der Waals surface area contributed by atoms with Crippen molar-refractivity contribution in [2.75, 3.05) is 11.9 Å². The Morgan fingerprint density at radius 2 is 1.81 bits per heavy atom. The van der Waals surface area contributed by atoms with E-state index >= 15 is 0 Å². The number of benzene rings is 2. The number of aromatic nitrogens is 2. The van der Waals surface area contributed by atoms with Crippen molar-refractivity contribution in [3.05, 3.63) is 66.5 Å². The highest BCUT2D eigenvalue weighted by atomic mass is 16.5. The lowest BCUT2D eigenvalue weighted by Crippen LogP contribution is -2.20. The van der Waals surface area contributed by atoms with Crippen LogP contribution >= 0.6 is 0 Å². The molecule has 0 aliphatic rings. The summed E-state index contributed by atoms with van der Waals surface area (Å²) in [5.74, 6) is -0.362. The maximum Gasteiger partial charge on any atom is 0.255 e. The minimum absolute atomic E-state index is 0.193. The number of para-hydroxylation sites is 2. The topological polar surface area (TPSA) is 107 Å². The fraction of sp³-hybridized carbons (Fsp3) is 0.0526. The van der Waals surface area contributed by atoms with Crippen LogP contribution in [0.4, 0.5) is 5.69 Å². The van der Waals surface area contributed by atoms with Gasteiger partial charge in [0.1, 0.15) is 5.75 Å². The minimum atomic E-state index is -0.552. The van der Waals surface area contributed by atoms with E-state index in [4.69, 9.17) is 10.5 Å². The van der Waals surface area contributed by atoms with E-state index in [-0.39, 0.29) is 12.5 Å². The van der Waals surface area contributed by atoms with Crippen LogP contribution in [0.25, 0.3) is 17.1 Å². The molecule has 3 aromatic rings. The smallest absolute Gasteiger partial charge is 0.255 e. The number of hydrogen-bond acceptors (Lipinski definition) is 5. The van der Waals surface area contributed by atoms with Gasteiger partial charge in [0, 0.05) is 11.8 Å². The third kappa shape index (κ3) is 4.64. The van der Waals surface area contributed by atoms with Gasteiger partial charge in [0.05, 0.1) is 22.9 Å². The molecule has 0 saturated heterocycles. The highest BCUT2D eigenvalue weighted by molar-refractivity contribution is 6.01. The highest BCUT2D eigenvalue weighted by Gasteiger charge is 2.01. The van der Waals surface area contributed by atoms with Crippen LogP contribution in [0.15, 0.2) is 60.8 Å². The van der Waals surface area contributed by atoms with Crippen molar-refractivity contribution in [2.24, 2.45) is 5.73 Å². The van der Waals surface area contributed by atoms with Gasteiger partial charge in [-0.3, -0.25) is 14.6 Å². The molecule has 0 radical (unpaired) electrons. The van der Waals surface area contributed by atoms with Crippen LogP contribution in [0, 0.1) is 0 Å². The predicted molar refractivity (Wildman–Crippen MR) is 98.3 cm³/mol. The second-order valence-electron chi connectivity index (χ2n) is 5.39. The SMILES string of the molecule is NC(=O)COc1ccc(NC(=O)/C=C/c2cnc3ccccc3n2)cc1. The first-order valence-electron chi connectivity index (χ1n) is 7.82.